The molecule has 0 heterocycles. The van der Waals surface area contributed by atoms with Gasteiger partial charge in [-0.05, 0) is 6.92 Å². The van der Waals surface area contributed by atoms with Gasteiger partial charge in [-0.15, -0.1) is 0 Å². The molecule has 4 heteroatoms. The maximum atomic E-state index is 10.1. The van der Waals surface area contributed by atoms with Crippen LogP contribution < -0.4 is 0 Å². The van der Waals surface area contributed by atoms with Crippen LogP contribution in [-0.2, 0) is 13.8 Å². The van der Waals surface area contributed by atoms with Crippen LogP contribution in [0.5, 0.6) is 0 Å². The van der Waals surface area contributed by atoms with Crippen molar-refractivity contribution in [3.8, 4) is 0 Å². The lowest BCUT2D eigenvalue weighted by atomic mass is 10.3. The Kier molecular flexibility index (Phi) is 3.26. The van der Waals surface area contributed by atoms with E-state index in [0.717, 1.165) is 0 Å². The van der Waals surface area contributed by atoms with Crippen molar-refractivity contribution in [2.24, 2.45) is 0 Å². The highest BCUT2D eigenvalue weighted by Crippen LogP contribution is 1.88. The van der Waals surface area contributed by atoms with E-state index in [9.17, 15) is 9.59 Å². The largest absolute Gasteiger partial charge is 0.394 e. The summed E-state index contributed by atoms with van der Waals surface area (Å²) in [6, 6.07) is 0. The monoisotopic (exact) mass is 134 g/mol. The molecule has 0 saturated carbocycles. The summed E-state index contributed by atoms with van der Waals surface area (Å²) in [5, 5.41) is 0. The third-order valence-electron chi connectivity index (χ3n) is 0.495. The summed E-state index contributed by atoms with van der Waals surface area (Å²) in [5.41, 5.74) is 0. The van der Waals surface area contributed by atoms with Crippen molar-refractivity contribution in [1.82, 2.24) is 0 Å². The van der Waals surface area contributed by atoms with Crippen LogP contribution >= 0.6 is 12.9 Å². The van der Waals surface area contributed by atoms with Gasteiger partial charge in [0.25, 0.3) is 0 Å². The molecule has 3 nitrogen and oxygen atoms in total. The molecule has 46 valence electrons. The number of carbonyl (C=O) groups is 2. The van der Waals surface area contributed by atoms with Crippen molar-refractivity contribution < 1.29 is 13.8 Å². The number of thiol groups is 1. The topological polar surface area (TPSA) is 43.4 Å². The van der Waals surface area contributed by atoms with Gasteiger partial charge in [0.05, 0.1) is 0 Å². The first-order chi connectivity index (χ1) is 3.66. The Bertz CT molecular complexity index is 110. The van der Waals surface area contributed by atoms with Crippen LogP contribution in [0.1, 0.15) is 13.3 Å². The van der Waals surface area contributed by atoms with E-state index in [1.54, 1.807) is 0 Å². The first kappa shape index (κ1) is 7.49. The van der Waals surface area contributed by atoms with E-state index in [1.807, 2.05) is 0 Å². The Morgan fingerprint density at radius 3 is 2.25 bits per heavy atom. The Morgan fingerprint density at radius 2 is 2.12 bits per heavy atom. The van der Waals surface area contributed by atoms with Gasteiger partial charge in [0.2, 0.25) is 0 Å². The van der Waals surface area contributed by atoms with Gasteiger partial charge in [-0.1, -0.05) is 0 Å². The van der Waals surface area contributed by atoms with E-state index in [-0.39, 0.29) is 12.2 Å². The number of Topliss-reactive ketones (excluding diaryl/α,β-unsaturated/α-hetero) is 1. The molecule has 0 rings (SSSR count). The van der Waals surface area contributed by atoms with Crippen molar-refractivity contribution in [2.75, 3.05) is 0 Å². The van der Waals surface area contributed by atoms with Gasteiger partial charge in [0.1, 0.15) is 12.2 Å². The minimum Gasteiger partial charge on any atom is -0.394 e. The van der Waals surface area contributed by atoms with E-state index >= 15 is 0 Å². The minimum atomic E-state index is -0.610. The number of hydrogen-bond donors (Lipinski definition) is 1. The summed E-state index contributed by atoms with van der Waals surface area (Å²) in [6.07, 6.45) is -0.191. The highest BCUT2D eigenvalue weighted by atomic mass is 32.1. The van der Waals surface area contributed by atoms with Gasteiger partial charge >= 0.3 is 5.97 Å². The number of ketones is 1. The minimum absolute atomic E-state index is 0.191. The second-order valence-corrected chi connectivity index (χ2v) is 1.52. The van der Waals surface area contributed by atoms with Crippen molar-refractivity contribution in [3.05, 3.63) is 0 Å². The second-order valence-electron chi connectivity index (χ2n) is 1.34. The summed E-state index contributed by atoms with van der Waals surface area (Å²) < 4.78 is 3.90. The first-order valence-corrected chi connectivity index (χ1v) is 2.37. The van der Waals surface area contributed by atoms with Gasteiger partial charge in [0.15, 0.2) is 0 Å². The summed E-state index contributed by atoms with van der Waals surface area (Å²) in [4.78, 5) is 20.2. The summed E-state index contributed by atoms with van der Waals surface area (Å²) >= 11 is 3.19. The molecule has 0 fully saturated rings. The molecule has 0 aromatic rings. The summed E-state index contributed by atoms with van der Waals surface area (Å²) in [6.45, 7) is 1.31. The molecule has 0 aromatic carbocycles. The molecule has 0 amide bonds. The van der Waals surface area contributed by atoms with Crippen molar-refractivity contribution in [3.63, 3.8) is 0 Å². The zero-order chi connectivity index (χ0) is 6.57. The van der Waals surface area contributed by atoms with Gasteiger partial charge < -0.3 is 4.18 Å². The quantitative estimate of drug-likeness (QED) is 0.337. The zero-order valence-corrected chi connectivity index (χ0v) is 5.27. The molecule has 0 aliphatic heterocycles. The molecule has 0 atom stereocenters. The maximum Gasteiger partial charge on any atom is 0.325 e. The van der Waals surface area contributed by atoms with Crippen LogP contribution in [0.3, 0.4) is 0 Å². The van der Waals surface area contributed by atoms with Crippen LogP contribution in [-0.4, -0.2) is 11.8 Å². The van der Waals surface area contributed by atoms with Gasteiger partial charge in [-0.25, -0.2) is 0 Å². The molecule has 0 radical (unpaired) electrons. The van der Waals surface area contributed by atoms with Crippen LogP contribution in [0.25, 0.3) is 0 Å². The Hall–Kier alpha value is -0.510. The highest BCUT2D eigenvalue weighted by molar-refractivity contribution is 7.75. The van der Waals surface area contributed by atoms with Crippen molar-refractivity contribution >= 4 is 24.7 Å². The molecule has 0 spiro atoms. The first-order valence-electron chi connectivity index (χ1n) is 2.00. The standard InChI is InChI=1S/C4H6O3S/c1-3(5)2-4(6)7-8/h8H,2H2,1H3. The van der Waals surface area contributed by atoms with E-state index < -0.39 is 5.97 Å². The number of rotatable bonds is 2. The zero-order valence-electron chi connectivity index (χ0n) is 4.38. The lowest BCUT2D eigenvalue weighted by molar-refractivity contribution is -0.136. The number of hydrogen-bond acceptors (Lipinski definition) is 4. The maximum absolute atomic E-state index is 10.1. The Morgan fingerprint density at radius 1 is 1.62 bits per heavy atom. The molecule has 0 unspecified atom stereocenters. The Balaban J connectivity index is 3.40. The van der Waals surface area contributed by atoms with Gasteiger partial charge in [-0.3, -0.25) is 9.59 Å². The summed E-state index contributed by atoms with van der Waals surface area (Å²) in [7, 11) is 0. The average Bonchev–Trinajstić information content (AvgIpc) is 1.65. The van der Waals surface area contributed by atoms with Crippen LogP contribution in [0.2, 0.25) is 0 Å². The average molecular weight is 134 g/mol. The predicted molar refractivity (Wildman–Crippen MR) is 30.4 cm³/mol. The van der Waals surface area contributed by atoms with E-state index in [0.29, 0.717) is 0 Å². The fourth-order valence-electron chi connectivity index (χ4n) is 0.236. The van der Waals surface area contributed by atoms with Crippen molar-refractivity contribution in [1.29, 1.82) is 0 Å². The number of carbonyl (C=O) groups excluding carboxylic acids is 2. The van der Waals surface area contributed by atoms with Crippen LogP contribution in [0, 0.1) is 0 Å². The van der Waals surface area contributed by atoms with Gasteiger partial charge in [0, 0.05) is 12.9 Å². The lowest BCUT2D eigenvalue weighted by Crippen LogP contribution is -2.02. The van der Waals surface area contributed by atoms with Crippen molar-refractivity contribution in [2.45, 2.75) is 13.3 Å². The third kappa shape index (κ3) is 3.67. The SMILES string of the molecule is CC(=O)CC(=O)OS. The van der Waals surface area contributed by atoms with Crippen LogP contribution in [0.15, 0.2) is 0 Å². The fourth-order valence-corrected chi connectivity index (χ4v) is 0.300. The lowest BCUT2D eigenvalue weighted by Gasteiger charge is -1.88. The molecule has 0 aliphatic carbocycles. The molecule has 0 aromatic heterocycles. The molecule has 0 N–H and O–H groups in total. The molecular formula is C4H6O3S. The summed E-state index contributed by atoms with van der Waals surface area (Å²) in [5.74, 6) is -0.829. The Labute approximate surface area is 52.6 Å². The molecular weight excluding hydrogens is 128 g/mol. The predicted octanol–water partition coefficient (Wildman–Crippen LogP) is 0.353. The third-order valence-corrected chi connectivity index (χ3v) is 0.699. The molecule has 0 saturated heterocycles. The fraction of sp³-hybridized carbons (Fsp3) is 0.500. The van der Waals surface area contributed by atoms with E-state index in [4.69, 9.17) is 0 Å². The van der Waals surface area contributed by atoms with Gasteiger partial charge in [-0.2, -0.15) is 0 Å². The molecule has 0 bridgehead atoms. The smallest absolute Gasteiger partial charge is 0.325 e. The highest BCUT2D eigenvalue weighted by Gasteiger charge is 2.02. The normalized spacial score (nSPS) is 8.25. The van der Waals surface area contributed by atoms with E-state index in [2.05, 4.69) is 17.1 Å². The second kappa shape index (κ2) is 3.49. The molecule has 0 aliphatic rings. The van der Waals surface area contributed by atoms with E-state index in [1.165, 1.54) is 6.92 Å². The molecule has 8 heavy (non-hydrogen) atoms. The van der Waals surface area contributed by atoms with Crippen LogP contribution in [0.4, 0.5) is 0 Å².